The molecule has 0 aliphatic heterocycles. The Kier molecular flexibility index (Phi) is 4.39. The van der Waals surface area contributed by atoms with Gasteiger partial charge in [0.2, 0.25) is 5.91 Å². The Morgan fingerprint density at radius 2 is 2.09 bits per heavy atom. The second-order valence-electron chi connectivity index (χ2n) is 5.07. The molecule has 1 amide bonds. The van der Waals surface area contributed by atoms with Crippen LogP contribution in [-0.2, 0) is 11.8 Å². The van der Waals surface area contributed by atoms with Crippen molar-refractivity contribution in [1.29, 1.82) is 0 Å². The van der Waals surface area contributed by atoms with Gasteiger partial charge in [0.1, 0.15) is 0 Å². The van der Waals surface area contributed by atoms with Crippen LogP contribution in [0.3, 0.4) is 0 Å². The van der Waals surface area contributed by atoms with Crippen molar-refractivity contribution in [3.8, 4) is 10.6 Å². The van der Waals surface area contributed by atoms with Crippen molar-refractivity contribution < 1.29 is 4.79 Å². The van der Waals surface area contributed by atoms with Gasteiger partial charge in [0, 0.05) is 24.4 Å². The van der Waals surface area contributed by atoms with Gasteiger partial charge in [-0.25, -0.2) is 0 Å². The van der Waals surface area contributed by atoms with E-state index in [4.69, 9.17) is 0 Å². The number of hydrogen-bond donors (Lipinski definition) is 1. The van der Waals surface area contributed by atoms with Crippen LogP contribution in [0.25, 0.3) is 16.6 Å². The first kappa shape index (κ1) is 15.2. The molecule has 0 fully saturated rings. The number of nitrogens with zero attached hydrogens (tertiary/aromatic N) is 2. The summed E-state index contributed by atoms with van der Waals surface area (Å²) in [6.45, 7) is 3.82. The Bertz CT molecular complexity index is 830. The molecular formula is C18H16N3OS. The molecule has 0 saturated heterocycles. The summed E-state index contributed by atoms with van der Waals surface area (Å²) in [6.07, 6.45) is 5.07. The Balaban J connectivity index is 1.75. The van der Waals surface area contributed by atoms with E-state index in [0.717, 1.165) is 27.4 Å². The number of carbonyl (C=O) groups is 1. The molecule has 0 unspecified atom stereocenters. The third-order valence-electron chi connectivity index (χ3n) is 3.36. The highest BCUT2D eigenvalue weighted by Gasteiger charge is 2.10. The Hall–Kier alpha value is -2.66. The highest BCUT2D eigenvalue weighted by molar-refractivity contribution is 7.13. The summed E-state index contributed by atoms with van der Waals surface area (Å²) >= 11 is 1.65. The van der Waals surface area contributed by atoms with Crippen molar-refractivity contribution in [2.24, 2.45) is 7.05 Å². The Morgan fingerprint density at radius 1 is 1.30 bits per heavy atom. The zero-order valence-electron chi connectivity index (χ0n) is 12.7. The minimum atomic E-state index is -0.178. The molecule has 0 spiro atoms. The fourth-order valence-corrected chi connectivity index (χ4v) is 3.05. The van der Waals surface area contributed by atoms with Gasteiger partial charge in [-0.05, 0) is 42.1 Å². The number of benzene rings is 1. The predicted octanol–water partition coefficient (Wildman–Crippen LogP) is 3.98. The van der Waals surface area contributed by atoms with Gasteiger partial charge in [0.25, 0.3) is 0 Å². The zero-order valence-corrected chi connectivity index (χ0v) is 13.5. The number of rotatable bonds is 4. The molecule has 23 heavy (non-hydrogen) atoms. The maximum Gasteiger partial charge on any atom is 0.248 e. The van der Waals surface area contributed by atoms with Gasteiger partial charge in [-0.15, -0.1) is 11.3 Å². The number of carbonyl (C=O) groups excluding carboxylic acids is 1. The van der Waals surface area contributed by atoms with Crippen molar-refractivity contribution in [2.75, 3.05) is 5.32 Å². The van der Waals surface area contributed by atoms with Gasteiger partial charge in [0.15, 0.2) is 0 Å². The van der Waals surface area contributed by atoms with Crippen LogP contribution in [0.4, 0.5) is 5.69 Å². The molecule has 1 aromatic carbocycles. The molecule has 4 nitrogen and oxygen atoms in total. The van der Waals surface area contributed by atoms with E-state index < -0.39 is 0 Å². The number of hydrogen-bond acceptors (Lipinski definition) is 3. The largest absolute Gasteiger partial charge is 0.323 e. The van der Waals surface area contributed by atoms with Gasteiger partial charge >= 0.3 is 0 Å². The molecule has 0 atom stereocenters. The van der Waals surface area contributed by atoms with Gasteiger partial charge < -0.3 is 5.32 Å². The van der Waals surface area contributed by atoms with Crippen molar-refractivity contribution in [1.82, 2.24) is 9.78 Å². The number of anilines is 1. The number of nitrogens with one attached hydrogen (secondary N) is 1. The SMILES string of the molecule is [CH2]c1ccc(NC(=O)/C=C/c2cnn(C)c2-c2cccs2)cc1. The maximum atomic E-state index is 12.0. The molecule has 5 heteroatoms. The fraction of sp³-hybridized carbons (Fsp3) is 0.0556. The molecule has 3 rings (SSSR count). The molecule has 0 bridgehead atoms. The van der Waals surface area contributed by atoms with Crippen LogP contribution >= 0.6 is 11.3 Å². The standard InChI is InChI=1S/C18H16N3OS/c1-13-5-8-15(9-6-13)20-17(22)10-7-14-12-19-21(2)18(14)16-4-3-11-23-16/h3-12H,1H2,2H3,(H,20,22)/b10-7+. The number of amides is 1. The lowest BCUT2D eigenvalue weighted by molar-refractivity contribution is -0.111. The van der Waals surface area contributed by atoms with Crippen LogP contribution in [0, 0.1) is 6.92 Å². The molecule has 115 valence electrons. The van der Waals surface area contributed by atoms with Crippen molar-refractivity contribution >= 4 is 29.0 Å². The molecule has 1 N–H and O–H groups in total. The third kappa shape index (κ3) is 3.57. The highest BCUT2D eigenvalue weighted by Crippen LogP contribution is 2.28. The zero-order chi connectivity index (χ0) is 16.2. The first-order valence-corrected chi connectivity index (χ1v) is 7.98. The summed E-state index contributed by atoms with van der Waals surface area (Å²) in [5, 5.41) is 9.12. The topological polar surface area (TPSA) is 46.9 Å². The molecule has 0 aliphatic rings. The van der Waals surface area contributed by atoms with Gasteiger partial charge in [-0.2, -0.15) is 5.10 Å². The van der Waals surface area contributed by atoms with Gasteiger partial charge in [-0.3, -0.25) is 9.48 Å². The van der Waals surface area contributed by atoms with Crippen LogP contribution in [0.2, 0.25) is 0 Å². The van der Waals surface area contributed by atoms with E-state index in [-0.39, 0.29) is 5.91 Å². The number of aromatic nitrogens is 2. The molecule has 1 radical (unpaired) electrons. The fourth-order valence-electron chi connectivity index (χ4n) is 2.23. The van der Waals surface area contributed by atoms with Crippen LogP contribution in [0.1, 0.15) is 11.1 Å². The smallest absolute Gasteiger partial charge is 0.248 e. The Morgan fingerprint density at radius 3 is 2.78 bits per heavy atom. The molecule has 0 saturated carbocycles. The second kappa shape index (κ2) is 6.62. The van der Waals surface area contributed by atoms with E-state index in [2.05, 4.69) is 17.3 Å². The minimum absolute atomic E-state index is 0.178. The van der Waals surface area contributed by atoms with Crippen LogP contribution in [0.5, 0.6) is 0 Å². The van der Waals surface area contributed by atoms with Crippen LogP contribution in [-0.4, -0.2) is 15.7 Å². The van der Waals surface area contributed by atoms with Gasteiger partial charge in [0.05, 0.1) is 16.8 Å². The van der Waals surface area contributed by atoms with Crippen molar-refractivity contribution in [3.05, 3.63) is 72.1 Å². The normalized spacial score (nSPS) is 11.0. The minimum Gasteiger partial charge on any atom is -0.323 e. The number of aryl methyl sites for hydroxylation is 1. The molecule has 2 heterocycles. The van der Waals surface area contributed by atoms with E-state index >= 15 is 0 Å². The van der Waals surface area contributed by atoms with Crippen LogP contribution < -0.4 is 5.32 Å². The summed E-state index contributed by atoms with van der Waals surface area (Å²) < 4.78 is 1.82. The lowest BCUT2D eigenvalue weighted by atomic mass is 10.2. The van der Waals surface area contributed by atoms with E-state index in [0.29, 0.717) is 0 Å². The average Bonchev–Trinajstić information content (AvgIpc) is 3.17. The van der Waals surface area contributed by atoms with E-state index in [9.17, 15) is 4.79 Å². The molecule has 2 aromatic heterocycles. The second-order valence-corrected chi connectivity index (χ2v) is 6.02. The maximum absolute atomic E-state index is 12.0. The summed E-state index contributed by atoms with van der Waals surface area (Å²) in [4.78, 5) is 13.2. The van der Waals surface area contributed by atoms with Crippen LogP contribution in [0.15, 0.2) is 54.1 Å². The lowest BCUT2D eigenvalue weighted by Crippen LogP contribution is -2.07. The predicted molar refractivity (Wildman–Crippen MR) is 95.1 cm³/mol. The summed E-state index contributed by atoms with van der Waals surface area (Å²) in [6, 6.07) is 11.4. The summed E-state index contributed by atoms with van der Waals surface area (Å²) in [5.41, 5.74) is 3.58. The number of thiophene rings is 1. The quantitative estimate of drug-likeness (QED) is 0.739. The third-order valence-corrected chi connectivity index (χ3v) is 4.23. The Labute approximate surface area is 139 Å². The first-order chi connectivity index (χ1) is 11.1. The van der Waals surface area contributed by atoms with E-state index in [1.165, 1.54) is 6.08 Å². The highest BCUT2D eigenvalue weighted by atomic mass is 32.1. The first-order valence-electron chi connectivity index (χ1n) is 7.10. The lowest BCUT2D eigenvalue weighted by Gasteiger charge is -2.02. The van der Waals surface area contributed by atoms with Crippen molar-refractivity contribution in [2.45, 2.75) is 0 Å². The van der Waals surface area contributed by atoms with E-state index in [1.807, 2.05) is 53.5 Å². The monoisotopic (exact) mass is 322 g/mol. The average molecular weight is 322 g/mol. The van der Waals surface area contributed by atoms with E-state index in [1.54, 1.807) is 23.6 Å². The molecule has 0 aliphatic carbocycles. The molecule has 3 aromatic rings. The summed E-state index contributed by atoms with van der Waals surface area (Å²) in [5.74, 6) is -0.178. The van der Waals surface area contributed by atoms with Crippen molar-refractivity contribution in [3.63, 3.8) is 0 Å². The van der Waals surface area contributed by atoms with Gasteiger partial charge in [-0.1, -0.05) is 18.2 Å². The summed E-state index contributed by atoms with van der Waals surface area (Å²) in [7, 11) is 1.90. The molecular weight excluding hydrogens is 306 g/mol.